The molecule has 1 atom stereocenters. The molecule has 1 rings (SSSR count). The molecule has 0 bridgehead atoms. The summed E-state index contributed by atoms with van der Waals surface area (Å²) in [7, 11) is 0. The van der Waals surface area contributed by atoms with Gasteiger partial charge in [-0.15, -0.1) is 13.2 Å². The zero-order chi connectivity index (χ0) is 13.1. The monoisotopic (exact) mass is 311 g/mol. The molecule has 0 aliphatic heterocycles. The highest BCUT2D eigenvalue weighted by Gasteiger charge is 2.31. The van der Waals surface area contributed by atoms with Gasteiger partial charge in [-0.1, -0.05) is 6.92 Å². The van der Waals surface area contributed by atoms with Gasteiger partial charge in [0.05, 0.1) is 4.47 Å². The summed E-state index contributed by atoms with van der Waals surface area (Å²) < 4.78 is 40.2. The molecule has 0 heterocycles. The molecule has 0 amide bonds. The first-order valence-electron chi connectivity index (χ1n) is 5.13. The largest absolute Gasteiger partial charge is 0.573 e. The van der Waals surface area contributed by atoms with Crippen LogP contribution in [0.2, 0.25) is 0 Å². The molecule has 0 aromatic heterocycles. The van der Waals surface area contributed by atoms with Crippen LogP contribution in [0.4, 0.5) is 18.9 Å². The molecule has 1 unspecified atom stereocenters. The average Bonchev–Trinajstić information content (AvgIpc) is 2.20. The van der Waals surface area contributed by atoms with Crippen molar-refractivity contribution in [1.82, 2.24) is 0 Å². The topological polar surface area (TPSA) is 21.3 Å². The van der Waals surface area contributed by atoms with Crippen LogP contribution in [0, 0.1) is 0 Å². The summed E-state index contributed by atoms with van der Waals surface area (Å²) in [5, 5.41) is 3.16. The number of alkyl halides is 3. The first-order chi connectivity index (χ1) is 7.81. The predicted octanol–water partition coefficient (Wildman–Crippen LogP) is 4.56. The maximum Gasteiger partial charge on any atom is 0.573 e. The predicted molar refractivity (Wildman–Crippen MR) is 64.2 cm³/mol. The Hall–Kier alpha value is -0.910. The molecule has 17 heavy (non-hydrogen) atoms. The van der Waals surface area contributed by atoms with E-state index in [1.165, 1.54) is 6.07 Å². The molecule has 1 N–H and O–H groups in total. The third-order valence-corrected chi connectivity index (χ3v) is 2.80. The summed E-state index contributed by atoms with van der Waals surface area (Å²) in [5.74, 6) is -0.243. The summed E-state index contributed by atoms with van der Waals surface area (Å²) in [4.78, 5) is 0. The van der Waals surface area contributed by atoms with E-state index in [9.17, 15) is 13.2 Å². The summed E-state index contributed by atoms with van der Waals surface area (Å²) in [6, 6.07) is 4.66. The van der Waals surface area contributed by atoms with Gasteiger partial charge < -0.3 is 10.1 Å². The number of hydrogen-bond acceptors (Lipinski definition) is 2. The number of rotatable bonds is 4. The van der Waals surface area contributed by atoms with Crippen LogP contribution in [0.1, 0.15) is 20.3 Å². The minimum atomic E-state index is -4.67. The van der Waals surface area contributed by atoms with Gasteiger partial charge >= 0.3 is 6.36 Å². The van der Waals surface area contributed by atoms with Crippen LogP contribution < -0.4 is 10.1 Å². The van der Waals surface area contributed by atoms with Gasteiger partial charge in [-0.3, -0.25) is 0 Å². The van der Waals surface area contributed by atoms with E-state index in [1.807, 2.05) is 13.8 Å². The highest BCUT2D eigenvalue weighted by molar-refractivity contribution is 9.10. The zero-order valence-electron chi connectivity index (χ0n) is 9.44. The Morgan fingerprint density at radius 3 is 2.53 bits per heavy atom. The SMILES string of the molecule is CCC(C)Nc1ccc(OC(F)(F)F)c(Br)c1. The van der Waals surface area contributed by atoms with Crippen molar-refractivity contribution < 1.29 is 17.9 Å². The Balaban J connectivity index is 2.79. The molecule has 0 saturated heterocycles. The summed E-state index contributed by atoms with van der Waals surface area (Å²) in [6.07, 6.45) is -3.74. The Kier molecular flexibility index (Phi) is 4.68. The molecule has 2 nitrogen and oxygen atoms in total. The van der Waals surface area contributed by atoms with E-state index in [4.69, 9.17) is 0 Å². The summed E-state index contributed by atoms with van der Waals surface area (Å²) in [6.45, 7) is 4.02. The molecule has 1 aromatic rings. The van der Waals surface area contributed by atoms with Crippen molar-refractivity contribution >= 4 is 21.6 Å². The second-order valence-electron chi connectivity index (χ2n) is 3.65. The number of hydrogen-bond donors (Lipinski definition) is 1. The Bertz CT molecular complexity index is 381. The molecule has 0 spiro atoms. The second-order valence-corrected chi connectivity index (χ2v) is 4.50. The van der Waals surface area contributed by atoms with Crippen LogP contribution in [0.15, 0.2) is 22.7 Å². The van der Waals surface area contributed by atoms with Crippen LogP contribution in [0.25, 0.3) is 0 Å². The van der Waals surface area contributed by atoms with E-state index in [0.29, 0.717) is 0 Å². The summed E-state index contributed by atoms with van der Waals surface area (Å²) in [5.41, 5.74) is 0.751. The van der Waals surface area contributed by atoms with Crippen LogP contribution in [0.5, 0.6) is 5.75 Å². The second kappa shape index (κ2) is 5.62. The first-order valence-corrected chi connectivity index (χ1v) is 5.93. The van der Waals surface area contributed by atoms with E-state index >= 15 is 0 Å². The molecule has 0 aliphatic carbocycles. The smallest absolute Gasteiger partial charge is 0.405 e. The Morgan fingerprint density at radius 1 is 1.41 bits per heavy atom. The van der Waals surface area contributed by atoms with Gasteiger partial charge in [0.15, 0.2) is 0 Å². The average molecular weight is 312 g/mol. The quantitative estimate of drug-likeness (QED) is 0.880. The molecular formula is C11H13BrF3NO. The van der Waals surface area contributed by atoms with E-state index in [2.05, 4.69) is 26.0 Å². The van der Waals surface area contributed by atoms with Gasteiger partial charge in [0.1, 0.15) is 5.75 Å². The van der Waals surface area contributed by atoms with E-state index in [-0.39, 0.29) is 16.3 Å². The molecule has 0 aliphatic rings. The molecule has 96 valence electrons. The molecule has 0 fully saturated rings. The Morgan fingerprint density at radius 2 is 2.06 bits per heavy atom. The van der Waals surface area contributed by atoms with Crippen LogP contribution in [-0.2, 0) is 0 Å². The number of halogens is 4. The minimum absolute atomic E-state index is 0.243. The minimum Gasteiger partial charge on any atom is -0.405 e. The van der Waals surface area contributed by atoms with E-state index < -0.39 is 6.36 Å². The lowest BCUT2D eigenvalue weighted by Gasteiger charge is -2.15. The van der Waals surface area contributed by atoms with Crippen molar-refractivity contribution in [1.29, 1.82) is 0 Å². The van der Waals surface area contributed by atoms with Gasteiger partial charge in [-0.25, -0.2) is 0 Å². The van der Waals surface area contributed by atoms with Crippen LogP contribution in [0.3, 0.4) is 0 Å². The van der Waals surface area contributed by atoms with Gasteiger partial charge in [0.25, 0.3) is 0 Å². The zero-order valence-corrected chi connectivity index (χ0v) is 11.0. The molecular weight excluding hydrogens is 299 g/mol. The Labute approximate surface area is 106 Å². The van der Waals surface area contributed by atoms with Crippen molar-refractivity contribution in [3.8, 4) is 5.75 Å². The standard InChI is InChI=1S/C11H13BrF3NO/c1-3-7(2)16-8-4-5-10(9(12)6-8)17-11(13,14)15/h4-7,16H,3H2,1-2H3. The molecule has 0 radical (unpaired) electrons. The third-order valence-electron chi connectivity index (χ3n) is 2.18. The lowest BCUT2D eigenvalue weighted by molar-refractivity contribution is -0.274. The van der Waals surface area contributed by atoms with Crippen molar-refractivity contribution in [3.63, 3.8) is 0 Å². The van der Waals surface area contributed by atoms with Crippen molar-refractivity contribution in [2.45, 2.75) is 32.7 Å². The number of benzene rings is 1. The maximum absolute atomic E-state index is 12.0. The number of ether oxygens (including phenoxy) is 1. The highest BCUT2D eigenvalue weighted by atomic mass is 79.9. The van der Waals surface area contributed by atoms with Gasteiger partial charge in [-0.2, -0.15) is 0 Å². The number of nitrogens with one attached hydrogen (secondary N) is 1. The van der Waals surface area contributed by atoms with Crippen molar-refractivity contribution in [2.75, 3.05) is 5.32 Å². The van der Waals surface area contributed by atoms with Crippen molar-refractivity contribution in [2.24, 2.45) is 0 Å². The fourth-order valence-electron chi connectivity index (χ4n) is 1.18. The molecule has 6 heteroatoms. The third kappa shape index (κ3) is 4.85. The van der Waals surface area contributed by atoms with Gasteiger partial charge in [-0.05, 0) is 47.5 Å². The first kappa shape index (κ1) is 14.2. The van der Waals surface area contributed by atoms with Crippen molar-refractivity contribution in [3.05, 3.63) is 22.7 Å². The van der Waals surface area contributed by atoms with Gasteiger partial charge in [0, 0.05) is 11.7 Å². The van der Waals surface area contributed by atoms with E-state index in [1.54, 1.807) is 12.1 Å². The van der Waals surface area contributed by atoms with Crippen LogP contribution in [-0.4, -0.2) is 12.4 Å². The highest BCUT2D eigenvalue weighted by Crippen LogP contribution is 2.32. The fourth-order valence-corrected chi connectivity index (χ4v) is 1.64. The lowest BCUT2D eigenvalue weighted by atomic mass is 10.2. The lowest BCUT2D eigenvalue weighted by Crippen LogP contribution is -2.17. The normalized spacial score (nSPS) is 13.3. The van der Waals surface area contributed by atoms with Crippen LogP contribution >= 0.6 is 15.9 Å². The fraction of sp³-hybridized carbons (Fsp3) is 0.455. The number of anilines is 1. The maximum atomic E-state index is 12.0. The molecule has 1 aromatic carbocycles. The van der Waals surface area contributed by atoms with E-state index in [0.717, 1.165) is 12.1 Å². The van der Waals surface area contributed by atoms with Gasteiger partial charge in [0.2, 0.25) is 0 Å². The molecule has 0 saturated carbocycles. The summed E-state index contributed by atoms with van der Waals surface area (Å²) >= 11 is 3.05.